The molecule has 1 aliphatic rings. The molecule has 5 heteroatoms. The van der Waals surface area contributed by atoms with Crippen molar-refractivity contribution in [3.05, 3.63) is 35.4 Å². The van der Waals surface area contributed by atoms with Crippen LogP contribution in [-0.4, -0.2) is 20.1 Å². The molecule has 0 radical (unpaired) electrons. The number of carbonyl (C=O) groups is 1. The highest BCUT2D eigenvalue weighted by Gasteiger charge is 2.21. The molecule has 1 aromatic carbocycles. The molecule has 2 rings (SSSR count). The van der Waals surface area contributed by atoms with E-state index in [-0.39, 0.29) is 22.6 Å². The smallest absolute Gasteiger partial charge is 0.179 e. The van der Waals surface area contributed by atoms with Crippen molar-refractivity contribution in [2.75, 3.05) is 5.75 Å². The van der Waals surface area contributed by atoms with Gasteiger partial charge in [0.1, 0.15) is 0 Å². The first-order valence-electron chi connectivity index (χ1n) is 4.74. The lowest BCUT2D eigenvalue weighted by molar-refractivity contribution is -0.299. The summed E-state index contributed by atoms with van der Waals surface area (Å²) < 4.78 is 23.6. The molecule has 16 heavy (non-hydrogen) atoms. The van der Waals surface area contributed by atoms with E-state index in [0.717, 1.165) is 0 Å². The van der Waals surface area contributed by atoms with Crippen molar-refractivity contribution in [1.29, 1.82) is 0 Å². The van der Waals surface area contributed by atoms with Crippen LogP contribution in [0.4, 0.5) is 0 Å². The summed E-state index contributed by atoms with van der Waals surface area (Å²) in [6.07, 6.45) is 1.36. The summed E-state index contributed by atoms with van der Waals surface area (Å²) in [5.41, 5.74) is 0.438. The molecule has 84 valence electrons. The van der Waals surface area contributed by atoms with Gasteiger partial charge in [0.2, 0.25) is 0 Å². The van der Waals surface area contributed by atoms with Crippen LogP contribution < -0.4 is 5.11 Å². The SMILES string of the molecule is O=C([O-])C1=Cc2ccccc2S(=O)(=O)CC1. The van der Waals surface area contributed by atoms with Crippen LogP contribution in [-0.2, 0) is 14.6 Å². The minimum atomic E-state index is -3.39. The zero-order chi connectivity index (χ0) is 11.8. The highest BCUT2D eigenvalue weighted by Crippen LogP contribution is 2.25. The van der Waals surface area contributed by atoms with Crippen molar-refractivity contribution in [3.63, 3.8) is 0 Å². The van der Waals surface area contributed by atoms with Crippen LogP contribution in [0.15, 0.2) is 34.7 Å². The third kappa shape index (κ3) is 1.86. The number of fused-ring (bicyclic) bond motifs is 1. The van der Waals surface area contributed by atoms with Crippen LogP contribution in [0, 0.1) is 0 Å². The maximum atomic E-state index is 11.8. The summed E-state index contributed by atoms with van der Waals surface area (Å²) in [6.45, 7) is 0. The molecular formula is C11H9O4S-. The minimum absolute atomic E-state index is 0.0145. The number of aliphatic carboxylic acids is 1. The van der Waals surface area contributed by atoms with E-state index in [1.165, 1.54) is 12.1 Å². The Bertz CT molecular complexity index is 569. The zero-order valence-corrected chi connectivity index (χ0v) is 9.16. The van der Waals surface area contributed by atoms with Gasteiger partial charge in [-0.1, -0.05) is 18.2 Å². The van der Waals surface area contributed by atoms with Gasteiger partial charge in [0.25, 0.3) is 0 Å². The summed E-state index contributed by atoms with van der Waals surface area (Å²) in [5, 5.41) is 10.8. The second-order valence-electron chi connectivity index (χ2n) is 3.56. The Morgan fingerprint density at radius 3 is 2.62 bits per heavy atom. The van der Waals surface area contributed by atoms with Gasteiger partial charge >= 0.3 is 0 Å². The maximum absolute atomic E-state index is 11.8. The first-order valence-corrected chi connectivity index (χ1v) is 6.39. The molecule has 0 saturated carbocycles. The third-order valence-electron chi connectivity index (χ3n) is 2.49. The van der Waals surface area contributed by atoms with Crippen molar-refractivity contribution >= 4 is 21.9 Å². The van der Waals surface area contributed by atoms with Gasteiger partial charge in [-0.3, -0.25) is 0 Å². The molecule has 1 aromatic rings. The Morgan fingerprint density at radius 1 is 1.25 bits per heavy atom. The van der Waals surface area contributed by atoms with Gasteiger partial charge in [0, 0.05) is 0 Å². The number of rotatable bonds is 1. The molecule has 0 fully saturated rings. The van der Waals surface area contributed by atoms with E-state index in [4.69, 9.17) is 0 Å². The lowest BCUT2D eigenvalue weighted by Gasteiger charge is -2.04. The number of carboxylic acid groups (broad SMARTS) is 1. The fourth-order valence-corrected chi connectivity index (χ4v) is 3.14. The summed E-state index contributed by atoms with van der Waals surface area (Å²) >= 11 is 0. The topological polar surface area (TPSA) is 74.3 Å². The quantitative estimate of drug-likeness (QED) is 0.689. The van der Waals surface area contributed by atoms with Crippen molar-refractivity contribution < 1.29 is 18.3 Å². The van der Waals surface area contributed by atoms with Crippen molar-refractivity contribution in [2.24, 2.45) is 0 Å². The molecule has 0 amide bonds. The van der Waals surface area contributed by atoms with E-state index in [0.29, 0.717) is 5.56 Å². The van der Waals surface area contributed by atoms with E-state index in [1.54, 1.807) is 18.2 Å². The van der Waals surface area contributed by atoms with Gasteiger partial charge in [-0.05, 0) is 29.7 Å². The Kier molecular flexibility index (Phi) is 2.55. The molecule has 0 N–H and O–H groups in total. The fourth-order valence-electron chi connectivity index (χ4n) is 1.66. The van der Waals surface area contributed by atoms with Gasteiger partial charge in [-0.2, -0.15) is 0 Å². The fraction of sp³-hybridized carbons (Fsp3) is 0.182. The Balaban J connectivity index is 2.65. The molecule has 1 heterocycles. The van der Waals surface area contributed by atoms with Gasteiger partial charge in [-0.25, -0.2) is 8.42 Å². The number of carbonyl (C=O) groups excluding carboxylic acids is 1. The van der Waals surface area contributed by atoms with Crippen LogP contribution >= 0.6 is 0 Å². The lowest BCUT2D eigenvalue weighted by Crippen LogP contribution is -2.25. The highest BCUT2D eigenvalue weighted by atomic mass is 32.2. The first-order chi connectivity index (χ1) is 7.50. The number of hydrogen-bond acceptors (Lipinski definition) is 4. The first kappa shape index (κ1) is 10.9. The largest absolute Gasteiger partial charge is 0.545 e. The van der Waals surface area contributed by atoms with E-state index >= 15 is 0 Å². The predicted molar refractivity (Wildman–Crippen MR) is 56.1 cm³/mol. The van der Waals surface area contributed by atoms with E-state index in [1.807, 2.05) is 0 Å². The number of carboxylic acids is 1. The van der Waals surface area contributed by atoms with Crippen LogP contribution in [0.25, 0.3) is 6.08 Å². The van der Waals surface area contributed by atoms with E-state index in [9.17, 15) is 18.3 Å². The molecule has 0 aliphatic carbocycles. The van der Waals surface area contributed by atoms with Crippen LogP contribution in [0.5, 0.6) is 0 Å². The second kappa shape index (κ2) is 3.75. The molecule has 0 spiro atoms. The van der Waals surface area contributed by atoms with Crippen LogP contribution in [0.2, 0.25) is 0 Å². The van der Waals surface area contributed by atoms with Crippen molar-refractivity contribution in [2.45, 2.75) is 11.3 Å². The number of benzene rings is 1. The Morgan fingerprint density at radius 2 is 1.94 bits per heavy atom. The molecule has 4 nitrogen and oxygen atoms in total. The van der Waals surface area contributed by atoms with Crippen molar-refractivity contribution in [1.82, 2.24) is 0 Å². The summed E-state index contributed by atoms with van der Waals surface area (Å²) in [6, 6.07) is 6.36. The summed E-state index contributed by atoms with van der Waals surface area (Å²) in [5.74, 6) is -1.50. The van der Waals surface area contributed by atoms with Crippen LogP contribution in [0.3, 0.4) is 0 Å². The van der Waals surface area contributed by atoms with Gasteiger partial charge < -0.3 is 9.90 Å². The standard InChI is InChI=1S/C11H10O4S/c12-11(13)9-5-6-16(14,15)10-4-2-1-3-8(10)7-9/h1-4,7H,5-6H2,(H,12,13)/p-1. The lowest BCUT2D eigenvalue weighted by atomic mass is 10.1. The molecule has 1 aliphatic heterocycles. The average molecular weight is 237 g/mol. The predicted octanol–water partition coefficient (Wildman–Crippen LogP) is -0.00270. The van der Waals surface area contributed by atoms with Crippen LogP contribution in [0.1, 0.15) is 12.0 Å². The third-order valence-corrected chi connectivity index (χ3v) is 4.27. The van der Waals surface area contributed by atoms with Gasteiger partial charge in [0.15, 0.2) is 9.84 Å². The molecule has 0 saturated heterocycles. The zero-order valence-electron chi connectivity index (χ0n) is 8.34. The van der Waals surface area contributed by atoms with Gasteiger partial charge in [-0.15, -0.1) is 0 Å². The molecule has 0 bridgehead atoms. The highest BCUT2D eigenvalue weighted by molar-refractivity contribution is 7.91. The van der Waals surface area contributed by atoms with E-state index in [2.05, 4.69) is 0 Å². The number of hydrogen-bond donors (Lipinski definition) is 0. The monoisotopic (exact) mass is 237 g/mol. The molecular weight excluding hydrogens is 228 g/mol. The van der Waals surface area contributed by atoms with Crippen molar-refractivity contribution in [3.8, 4) is 0 Å². The average Bonchev–Trinajstić information content (AvgIpc) is 2.36. The number of sulfone groups is 1. The summed E-state index contributed by atoms with van der Waals surface area (Å²) in [4.78, 5) is 10.9. The minimum Gasteiger partial charge on any atom is -0.545 e. The normalized spacial score (nSPS) is 18.1. The Hall–Kier alpha value is -1.62. The van der Waals surface area contributed by atoms with Gasteiger partial charge in [0.05, 0.1) is 16.6 Å². The van der Waals surface area contributed by atoms with E-state index < -0.39 is 15.8 Å². The summed E-state index contributed by atoms with van der Waals surface area (Å²) in [7, 11) is -3.39. The second-order valence-corrected chi connectivity index (χ2v) is 5.64. The maximum Gasteiger partial charge on any atom is 0.179 e. The molecule has 0 aromatic heterocycles. The molecule has 0 atom stereocenters. The Labute approximate surface area is 93.1 Å². The molecule has 0 unspecified atom stereocenters.